The smallest absolute Gasteiger partial charge is 0.261 e. The van der Waals surface area contributed by atoms with Crippen LogP contribution in [0.5, 0.6) is 5.75 Å². The topological polar surface area (TPSA) is 38.3 Å². The number of rotatable bonds is 6. The highest BCUT2D eigenvalue weighted by Gasteiger charge is 2.21. The summed E-state index contributed by atoms with van der Waals surface area (Å²) >= 11 is 0. The van der Waals surface area contributed by atoms with E-state index in [-0.39, 0.29) is 11.9 Å². The van der Waals surface area contributed by atoms with Gasteiger partial charge in [0.25, 0.3) is 5.91 Å². The van der Waals surface area contributed by atoms with Crippen molar-refractivity contribution in [3.05, 3.63) is 64.7 Å². The zero-order valence-corrected chi connectivity index (χ0v) is 15.2. The summed E-state index contributed by atoms with van der Waals surface area (Å²) in [6.07, 6.45) is 0.138. The van der Waals surface area contributed by atoms with E-state index >= 15 is 0 Å². The Hall–Kier alpha value is -2.29. The van der Waals surface area contributed by atoms with Gasteiger partial charge in [-0.15, -0.1) is 0 Å². The number of carbonyl (C=O) groups excluding carboxylic acids is 1. The lowest BCUT2D eigenvalue weighted by atomic mass is 10.00. The van der Waals surface area contributed by atoms with Crippen molar-refractivity contribution in [1.29, 1.82) is 0 Å². The number of ether oxygens (including phenoxy) is 1. The largest absolute Gasteiger partial charge is 0.480 e. The van der Waals surface area contributed by atoms with Crippen LogP contribution in [0.15, 0.2) is 42.5 Å². The molecule has 0 aliphatic carbocycles. The summed E-state index contributed by atoms with van der Waals surface area (Å²) in [5, 5.41) is 3.08. The molecule has 2 rings (SSSR count). The molecule has 0 aliphatic heterocycles. The molecule has 2 atom stereocenters. The van der Waals surface area contributed by atoms with Crippen molar-refractivity contribution in [2.75, 3.05) is 0 Å². The van der Waals surface area contributed by atoms with Crippen LogP contribution in [0, 0.1) is 20.8 Å². The first kappa shape index (κ1) is 18.1. The van der Waals surface area contributed by atoms with E-state index in [9.17, 15) is 4.79 Å². The number of nitrogens with one attached hydrogen (secondary N) is 1. The average Bonchev–Trinajstić information content (AvgIpc) is 2.53. The van der Waals surface area contributed by atoms with E-state index in [0.717, 1.165) is 16.9 Å². The highest BCUT2D eigenvalue weighted by atomic mass is 16.5. The molecular weight excluding hydrogens is 298 g/mol. The summed E-state index contributed by atoms with van der Waals surface area (Å²) in [5.41, 5.74) is 4.59. The molecule has 0 saturated carbocycles. The van der Waals surface area contributed by atoms with Crippen molar-refractivity contribution in [3.63, 3.8) is 0 Å². The molecule has 0 radical (unpaired) electrons. The van der Waals surface area contributed by atoms with E-state index in [1.54, 1.807) is 0 Å². The number of benzene rings is 2. The van der Waals surface area contributed by atoms with Crippen molar-refractivity contribution in [2.45, 2.75) is 53.2 Å². The average molecular weight is 325 g/mol. The summed E-state index contributed by atoms with van der Waals surface area (Å²) in [5.74, 6) is 0.687. The number of carbonyl (C=O) groups is 1. The molecule has 0 saturated heterocycles. The highest BCUT2D eigenvalue weighted by Crippen LogP contribution is 2.21. The van der Waals surface area contributed by atoms with Crippen molar-refractivity contribution >= 4 is 5.91 Å². The second kappa shape index (κ2) is 8.00. The summed E-state index contributed by atoms with van der Waals surface area (Å²) in [4.78, 5) is 12.6. The minimum Gasteiger partial charge on any atom is -0.480 e. The number of hydrogen-bond acceptors (Lipinski definition) is 2. The third kappa shape index (κ3) is 4.38. The summed E-state index contributed by atoms with van der Waals surface area (Å²) in [6, 6.07) is 14.0. The zero-order valence-electron chi connectivity index (χ0n) is 15.2. The molecular formula is C21H27NO2. The van der Waals surface area contributed by atoms with Gasteiger partial charge in [-0.1, -0.05) is 48.9 Å². The molecule has 0 fully saturated rings. The third-order valence-corrected chi connectivity index (χ3v) is 4.28. The molecule has 0 spiro atoms. The quantitative estimate of drug-likeness (QED) is 0.840. The van der Waals surface area contributed by atoms with Crippen molar-refractivity contribution in [2.24, 2.45) is 0 Å². The van der Waals surface area contributed by atoms with E-state index in [0.29, 0.717) is 6.42 Å². The Kier molecular flexibility index (Phi) is 6.02. The monoisotopic (exact) mass is 325 g/mol. The molecule has 1 amide bonds. The Morgan fingerprint density at radius 2 is 1.79 bits per heavy atom. The fourth-order valence-electron chi connectivity index (χ4n) is 2.86. The summed E-state index contributed by atoms with van der Waals surface area (Å²) in [6.45, 7) is 10.1. The van der Waals surface area contributed by atoms with Crippen LogP contribution in [0.3, 0.4) is 0 Å². The van der Waals surface area contributed by atoms with Crippen LogP contribution in [0.2, 0.25) is 0 Å². The standard InChI is InChI=1S/C21H27NO2/c1-6-19(24-20-10-8-7-9-15(20)3)21(23)22-17(5)18-12-11-14(2)13-16(18)4/h7-13,17,19H,6H2,1-5H3,(H,22,23)/t17-,19-/m0/s1. The SMILES string of the molecule is CC[C@H](Oc1ccccc1C)C(=O)N[C@@H](C)c1ccc(C)cc1C. The number of para-hydroxylation sites is 1. The Morgan fingerprint density at radius 3 is 2.42 bits per heavy atom. The highest BCUT2D eigenvalue weighted by molar-refractivity contribution is 5.81. The van der Waals surface area contributed by atoms with Crippen LogP contribution in [0.25, 0.3) is 0 Å². The molecule has 0 unspecified atom stereocenters. The maximum absolute atomic E-state index is 12.6. The first-order chi connectivity index (χ1) is 11.4. The lowest BCUT2D eigenvalue weighted by Crippen LogP contribution is -2.39. The number of aryl methyl sites for hydroxylation is 3. The maximum Gasteiger partial charge on any atom is 0.261 e. The Balaban J connectivity index is 2.07. The molecule has 0 aliphatic rings. The molecule has 3 nitrogen and oxygen atoms in total. The van der Waals surface area contributed by atoms with Gasteiger partial charge < -0.3 is 10.1 Å². The van der Waals surface area contributed by atoms with Gasteiger partial charge in [0.15, 0.2) is 6.10 Å². The van der Waals surface area contributed by atoms with Gasteiger partial charge in [0, 0.05) is 0 Å². The zero-order chi connectivity index (χ0) is 17.7. The first-order valence-corrected chi connectivity index (χ1v) is 8.52. The molecule has 24 heavy (non-hydrogen) atoms. The fraction of sp³-hybridized carbons (Fsp3) is 0.381. The normalized spacial score (nSPS) is 13.2. The van der Waals surface area contributed by atoms with Crippen LogP contribution in [0.1, 0.15) is 48.6 Å². The Labute approximate surface area is 145 Å². The van der Waals surface area contributed by atoms with E-state index < -0.39 is 6.10 Å². The minimum atomic E-state index is -0.487. The van der Waals surface area contributed by atoms with Gasteiger partial charge >= 0.3 is 0 Å². The predicted molar refractivity (Wildman–Crippen MR) is 98.4 cm³/mol. The molecule has 1 N–H and O–H groups in total. The first-order valence-electron chi connectivity index (χ1n) is 8.52. The molecule has 128 valence electrons. The molecule has 3 heteroatoms. The van der Waals surface area contributed by atoms with Gasteiger partial charge in [-0.25, -0.2) is 0 Å². The Morgan fingerprint density at radius 1 is 1.08 bits per heavy atom. The summed E-state index contributed by atoms with van der Waals surface area (Å²) < 4.78 is 5.93. The second-order valence-electron chi connectivity index (χ2n) is 6.37. The van der Waals surface area contributed by atoms with Crippen LogP contribution in [-0.2, 0) is 4.79 Å². The lowest BCUT2D eigenvalue weighted by molar-refractivity contribution is -0.128. The lowest BCUT2D eigenvalue weighted by Gasteiger charge is -2.22. The van der Waals surface area contributed by atoms with Gasteiger partial charge in [0.05, 0.1) is 6.04 Å². The predicted octanol–water partition coefficient (Wildman–Crippen LogP) is 4.65. The van der Waals surface area contributed by atoms with Crippen LogP contribution in [-0.4, -0.2) is 12.0 Å². The van der Waals surface area contributed by atoms with Gasteiger partial charge in [0.2, 0.25) is 0 Å². The summed E-state index contributed by atoms with van der Waals surface area (Å²) in [7, 11) is 0. The van der Waals surface area contributed by atoms with Crippen molar-refractivity contribution in [1.82, 2.24) is 5.32 Å². The van der Waals surface area contributed by atoms with Gasteiger partial charge in [0.1, 0.15) is 5.75 Å². The molecule has 2 aromatic carbocycles. The molecule has 0 aromatic heterocycles. The van der Waals surface area contributed by atoms with Gasteiger partial charge in [-0.3, -0.25) is 4.79 Å². The Bertz CT molecular complexity index is 709. The van der Waals surface area contributed by atoms with E-state index in [2.05, 4.69) is 37.4 Å². The number of hydrogen-bond donors (Lipinski definition) is 1. The third-order valence-electron chi connectivity index (χ3n) is 4.28. The molecule has 0 heterocycles. The van der Waals surface area contributed by atoms with Crippen molar-refractivity contribution in [3.8, 4) is 5.75 Å². The van der Waals surface area contributed by atoms with Crippen LogP contribution in [0.4, 0.5) is 0 Å². The minimum absolute atomic E-state index is 0.0485. The molecule has 0 bridgehead atoms. The van der Waals surface area contributed by atoms with E-state index in [4.69, 9.17) is 4.74 Å². The fourth-order valence-corrected chi connectivity index (χ4v) is 2.86. The number of amides is 1. The van der Waals surface area contributed by atoms with E-state index in [1.165, 1.54) is 11.1 Å². The maximum atomic E-state index is 12.6. The van der Waals surface area contributed by atoms with Crippen LogP contribution >= 0.6 is 0 Å². The van der Waals surface area contributed by atoms with E-state index in [1.807, 2.05) is 45.0 Å². The van der Waals surface area contributed by atoms with Crippen molar-refractivity contribution < 1.29 is 9.53 Å². The van der Waals surface area contributed by atoms with Gasteiger partial charge in [-0.2, -0.15) is 0 Å². The second-order valence-corrected chi connectivity index (χ2v) is 6.37. The van der Waals surface area contributed by atoms with Gasteiger partial charge in [-0.05, 0) is 56.9 Å². The molecule has 2 aromatic rings. The van der Waals surface area contributed by atoms with Crippen LogP contribution < -0.4 is 10.1 Å².